The fraction of sp³-hybridized carbons (Fsp3) is 0.683. The maximum Gasteiger partial charge on any atom is 0.329 e. The van der Waals surface area contributed by atoms with Crippen molar-refractivity contribution < 1.29 is 67.7 Å². The molecule has 3 heterocycles. The van der Waals surface area contributed by atoms with Crippen LogP contribution in [0.3, 0.4) is 0 Å². The standard InChI is InChI=1S/C60H90N2O14/c1-37-17-12-11-13-18-38(2)48(61-36-45-19-16-20-46(32-45)74-28-27-71-8)34-47-24-22-43(7)60(70,76-47)57(67)58(68)62-26-15-14-21-49(62)59(69)75-52(40(4)31-44-23-25-50(63)53(33-44)72-9)35-51(64)39(3)30-42(6)55(66)56(73-10)54(65)41(5)29-37/h11-13,16-20,30,32,37,39-41,43-44,47-50,52-53,55-56,61,63,66,70H,14-15,21-29,31,33-36H2,1-10H3/b13-11+,17-12+,38-18+,42-30+/t37-,39-,40-,41-,43-,44+,47+,48+,49+,50-,52+,53-,55-,56+,60-/m1/s1. The molecule has 15 atom stereocenters. The molecule has 424 valence electrons. The molecule has 1 aliphatic carbocycles. The van der Waals surface area contributed by atoms with Crippen LogP contribution in [0.2, 0.25) is 0 Å². The second-order valence-corrected chi connectivity index (χ2v) is 22.3. The molecule has 3 fully saturated rings. The minimum absolute atomic E-state index is 0.00668. The smallest absolute Gasteiger partial charge is 0.329 e. The molecule has 2 saturated heterocycles. The Morgan fingerprint density at radius 3 is 2.36 bits per heavy atom. The summed E-state index contributed by atoms with van der Waals surface area (Å²) in [6.45, 7) is 14.2. The van der Waals surface area contributed by atoms with Gasteiger partial charge < -0.3 is 54.0 Å². The third kappa shape index (κ3) is 17.3. The van der Waals surface area contributed by atoms with Gasteiger partial charge in [-0.15, -0.1) is 0 Å². The highest BCUT2D eigenvalue weighted by Gasteiger charge is 2.53. The van der Waals surface area contributed by atoms with Crippen molar-refractivity contribution in [3.63, 3.8) is 0 Å². The monoisotopic (exact) mass is 1060 g/mol. The molecule has 4 aliphatic rings. The quantitative estimate of drug-likeness (QED) is 0.0697. The van der Waals surface area contributed by atoms with Crippen LogP contribution in [0, 0.1) is 35.5 Å². The van der Waals surface area contributed by atoms with E-state index in [4.69, 9.17) is 28.4 Å². The number of aliphatic hydroxyl groups is 3. The van der Waals surface area contributed by atoms with Gasteiger partial charge in [-0.05, 0) is 125 Å². The summed E-state index contributed by atoms with van der Waals surface area (Å²) in [6.07, 6.45) is 11.6. The third-order valence-corrected chi connectivity index (χ3v) is 16.3. The lowest BCUT2D eigenvalue weighted by molar-refractivity contribution is -0.264. The van der Waals surface area contributed by atoms with Gasteiger partial charge >= 0.3 is 5.97 Å². The molecule has 76 heavy (non-hydrogen) atoms. The van der Waals surface area contributed by atoms with Gasteiger partial charge in [0.15, 0.2) is 5.78 Å². The number of aliphatic hydroxyl groups excluding tert-OH is 2. The van der Waals surface area contributed by atoms with Crippen LogP contribution in [0.1, 0.15) is 131 Å². The van der Waals surface area contributed by atoms with Crippen molar-refractivity contribution in [3.05, 3.63) is 77.4 Å². The Morgan fingerprint density at radius 1 is 0.868 bits per heavy atom. The Balaban J connectivity index is 1.49. The fourth-order valence-electron chi connectivity index (χ4n) is 11.3. The molecule has 0 radical (unpaired) electrons. The minimum atomic E-state index is -2.47. The van der Waals surface area contributed by atoms with Crippen LogP contribution in [0.15, 0.2) is 71.9 Å². The number of nitrogens with zero attached hydrogens (tertiary/aromatic N) is 1. The minimum Gasteiger partial charge on any atom is -0.491 e. The molecular weight excluding hydrogens is 973 g/mol. The Bertz CT molecular complexity index is 2210. The van der Waals surface area contributed by atoms with E-state index < -0.39 is 77.8 Å². The van der Waals surface area contributed by atoms with Crippen LogP contribution in [-0.2, 0) is 54.2 Å². The summed E-state index contributed by atoms with van der Waals surface area (Å²) < 4.78 is 34.9. The number of ether oxygens (including phenoxy) is 6. The lowest BCUT2D eigenvalue weighted by Crippen LogP contribution is -2.61. The van der Waals surface area contributed by atoms with Crippen molar-refractivity contribution in [2.45, 2.75) is 187 Å². The first-order chi connectivity index (χ1) is 36.2. The number of rotatable bonds is 12. The highest BCUT2D eigenvalue weighted by molar-refractivity contribution is 6.39. The van der Waals surface area contributed by atoms with E-state index >= 15 is 0 Å². The van der Waals surface area contributed by atoms with Crippen molar-refractivity contribution in [3.8, 4) is 5.75 Å². The molecule has 4 N–H and O–H groups in total. The van der Waals surface area contributed by atoms with E-state index in [1.165, 1.54) is 12.0 Å². The number of piperidine rings is 1. The summed E-state index contributed by atoms with van der Waals surface area (Å²) in [6, 6.07) is 6.29. The predicted octanol–water partition coefficient (Wildman–Crippen LogP) is 7.35. The van der Waals surface area contributed by atoms with E-state index in [9.17, 15) is 39.3 Å². The van der Waals surface area contributed by atoms with Gasteiger partial charge in [0, 0.05) is 64.6 Å². The number of fused-ring (bicyclic) bond motifs is 3. The van der Waals surface area contributed by atoms with E-state index in [-0.39, 0.29) is 60.9 Å². The average Bonchev–Trinajstić information content (AvgIpc) is 3.40. The number of nitrogens with one attached hydrogen (secondary N) is 1. The number of esters is 1. The van der Waals surface area contributed by atoms with Crippen molar-refractivity contribution >= 4 is 29.2 Å². The van der Waals surface area contributed by atoms with Crippen LogP contribution in [0.25, 0.3) is 0 Å². The van der Waals surface area contributed by atoms with E-state index in [0.717, 1.165) is 11.1 Å². The number of hydrogen-bond donors (Lipinski definition) is 4. The van der Waals surface area contributed by atoms with E-state index in [1.807, 2.05) is 82.3 Å². The van der Waals surface area contributed by atoms with Gasteiger partial charge in [0.2, 0.25) is 5.79 Å². The predicted molar refractivity (Wildman–Crippen MR) is 289 cm³/mol. The van der Waals surface area contributed by atoms with Crippen LogP contribution in [0.5, 0.6) is 5.75 Å². The zero-order valence-corrected chi connectivity index (χ0v) is 46.9. The van der Waals surface area contributed by atoms with Gasteiger partial charge in [0.1, 0.15) is 42.5 Å². The summed E-state index contributed by atoms with van der Waals surface area (Å²) in [4.78, 5) is 73.0. The van der Waals surface area contributed by atoms with Gasteiger partial charge in [-0.2, -0.15) is 0 Å². The molecule has 5 rings (SSSR count). The number of Topliss-reactive ketones (excluding diaryl/α,β-unsaturated/α-hetero) is 3. The van der Waals surface area contributed by atoms with Crippen molar-refractivity contribution in [2.75, 3.05) is 41.1 Å². The van der Waals surface area contributed by atoms with E-state index in [1.54, 1.807) is 41.1 Å². The molecule has 16 heteroatoms. The molecule has 2 bridgehead atoms. The summed E-state index contributed by atoms with van der Waals surface area (Å²) in [5.74, 6) is -7.45. The Labute approximate surface area is 452 Å². The maximum absolute atomic E-state index is 14.6. The number of hydrogen-bond acceptors (Lipinski definition) is 15. The van der Waals surface area contributed by atoms with Gasteiger partial charge in [-0.25, -0.2) is 4.79 Å². The number of carbonyl (C=O) groups excluding carboxylic acids is 5. The van der Waals surface area contributed by atoms with Crippen molar-refractivity contribution in [2.24, 2.45) is 35.5 Å². The number of allylic oxidation sites excluding steroid dienone is 6. The lowest BCUT2D eigenvalue weighted by Gasteiger charge is -2.43. The first kappa shape index (κ1) is 62.5. The van der Waals surface area contributed by atoms with Crippen LogP contribution in [0.4, 0.5) is 0 Å². The number of amides is 1. The molecular formula is C60H90N2O14. The number of cyclic esters (lactones) is 1. The maximum atomic E-state index is 14.6. The van der Waals surface area contributed by atoms with Gasteiger partial charge in [-0.1, -0.05) is 88.8 Å². The van der Waals surface area contributed by atoms with E-state index in [0.29, 0.717) is 95.3 Å². The normalized spacial score (nSPS) is 36.2. The highest BCUT2D eigenvalue weighted by Crippen LogP contribution is 2.38. The average molecular weight is 1060 g/mol. The first-order valence-electron chi connectivity index (χ1n) is 27.8. The van der Waals surface area contributed by atoms with Crippen LogP contribution >= 0.6 is 0 Å². The Morgan fingerprint density at radius 2 is 1.63 bits per heavy atom. The first-order valence-corrected chi connectivity index (χ1v) is 27.8. The van der Waals surface area contributed by atoms with Crippen molar-refractivity contribution in [1.29, 1.82) is 0 Å². The summed E-state index contributed by atoms with van der Waals surface area (Å²) in [7, 11) is 4.57. The molecule has 3 aliphatic heterocycles. The van der Waals surface area contributed by atoms with Gasteiger partial charge in [-0.3, -0.25) is 19.2 Å². The topological polar surface area (TPSA) is 217 Å². The molecule has 0 unspecified atom stereocenters. The van der Waals surface area contributed by atoms with Crippen LogP contribution < -0.4 is 10.1 Å². The zero-order chi connectivity index (χ0) is 55.7. The summed E-state index contributed by atoms with van der Waals surface area (Å²) in [5.41, 5.74) is 2.30. The Hall–Kier alpha value is -4.39. The number of benzene rings is 1. The SMILES string of the molecule is COCCOc1cccc(CN[C@H]2C[C@@H]3CC[C@@H](C)[C@@](O)(O3)C(=O)C(=O)N3CCCC[C@H]3C(=O)O[C@H]([C@H](C)C[C@@H]3CC[C@@H](O)[C@H](OC)C3)CC(=O)[C@H](C)/C=C(\C)[C@@H](O)[C@@H](OC)C(=O)[C@H](C)C[C@H](C)/C=C/C=C/C=C/2C)c1. The van der Waals surface area contributed by atoms with Gasteiger partial charge in [0.25, 0.3) is 11.7 Å². The fourth-order valence-corrected chi connectivity index (χ4v) is 11.3. The molecule has 0 spiro atoms. The van der Waals surface area contributed by atoms with E-state index in [2.05, 4.69) is 5.32 Å². The molecule has 1 aromatic carbocycles. The summed E-state index contributed by atoms with van der Waals surface area (Å²) in [5, 5.41) is 38.0. The Kier molecular flexibility index (Phi) is 24.7. The molecule has 1 aromatic rings. The summed E-state index contributed by atoms with van der Waals surface area (Å²) >= 11 is 0. The lowest BCUT2D eigenvalue weighted by atomic mass is 9.78. The number of carbonyl (C=O) groups is 5. The zero-order valence-electron chi connectivity index (χ0n) is 46.9. The largest absolute Gasteiger partial charge is 0.491 e. The second-order valence-electron chi connectivity index (χ2n) is 22.3. The molecule has 0 aromatic heterocycles. The number of methoxy groups -OCH3 is 3. The number of ketones is 3. The molecule has 1 amide bonds. The highest BCUT2D eigenvalue weighted by atomic mass is 16.6. The molecule has 1 saturated carbocycles. The molecule has 16 nitrogen and oxygen atoms in total. The third-order valence-electron chi connectivity index (χ3n) is 16.3. The second kappa shape index (κ2) is 30.1. The van der Waals surface area contributed by atoms with Gasteiger partial charge in [0.05, 0.1) is 24.9 Å². The van der Waals surface area contributed by atoms with Crippen LogP contribution in [-0.4, -0.2) is 145 Å². The van der Waals surface area contributed by atoms with Crippen molar-refractivity contribution in [1.82, 2.24) is 10.2 Å².